The highest BCUT2D eigenvalue weighted by molar-refractivity contribution is 5.71. The molecule has 0 saturated carbocycles. The highest BCUT2D eigenvalue weighted by Crippen LogP contribution is 2.13. The molecule has 0 aromatic heterocycles. The second-order valence-electron chi connectivity index (χ2n) is 18.1. The highest BCUT2D eigenvalue weighted by atomic mass is 16.6. The number of esters is 3. The average Bonchev–Trinajstić information content (AvgIpc) is 3.37. The van der Waals surface area contributed by atoms with E-state index in [-0.39, 0.29) is 37.5 Å². The van der Waals surface area contributed by atoms with Gasteiger partial charge in [0.1, 0.15) is 13.2 Å². The minimum atomic E-state index is -0.817. The Bertz CT molecular complexity index is 1590. The summed E-state index contributed by atoms with van der Waals surface area (Å²) in [6.45, 7) is 6.29. The SMILES string of the molecule is CC/C=C\C/C=C\C/C=C\C/C=C\C/C=C\C/C=C\CCCCC(=O)OCC(COC(=O)CCCCCCC/C=C\CCCC)OC(=O)CCCCCCC/C=C\C/C=C\C/C=C\C/C=C\C/C=C\CC. The van der Waals surface area contributed by atoms with Crippen LogP contribution in [-0.2, 0) is 28.6 Å². The molecule has 0 rings (SSSR count). The van der Waals surface area contributed by atoms with Crippen LogP contribution in [0.15, 0.2) is 146 Å². The first-order valence-electron chi connectivity index (χ1n) is 28.3. The Morgan fingerprint density at radius 2 is 0.549 bits per heavy atom. The summed E-state index contributed by atoms with van der Waals surface area (Å²) in [5.74, 6) is -0.992. The number of hydrogen-bond acceptors (Lipinski definition) is 6. The maximum Gasteiger partial charge on any atom is 0.306 e. The summed E-state index contributed by atoms with van der Waals surface area (Å²) >= 11 is 0. The quantitative estimate of drug-likeness (QED) is 0.0262. The molecule has 398 valence electrons. The van der Waals surface area contributed by atoms with Crippen LogP contribution in [0.4, 0.5) is 0 Å². The van der Waals surface area contributed by atoms with Gasteiger partial charge < -0.3 is 14.2 Å². The van der Waals surface area contributed by atoms with E-state index >= 15 is 0 Å². The molecule has 0 heterocycles. The third-order valence-corrected chi connectivity index (χ3v) is 11.3. The Morgan fingerprint density at radius 3 is 0.901 bits per heavy atom. The van der Waals surface area contributed by atoms with Crippen LogP contribution >= 0.6 is 0 Å². The van der Waals surface area contributed by atoms with Crippen LogP contribution < -0.4 is 0 Å². The first-order chi connectivity index (χ1) is 35.0. The molecule has 0 fully saturated rings. The van der Waals surface area contributed by atoms with Gasteiger partial charge in [-0.2, -0.15) is 0 Å². The number of carbonyl (C=O) groups is 3. The van der Waals surface area contributed by atoms with Gasteiger partial charge in [-0.05, 0) is 135 Å². The Morgan fingerprint density at radius 1 is 0.296 bits per heavy atom. The van der Waals surface area contributed by atoms with Gasteiger partial charge in [0.2, 0.25) is 0 Å². The van der Waals surface area contributed by atoms with E-state index in [2.05, 4.69) is 167 Å². The molecule has 0 bridgehead atoms. The van der Waals surface area contributed by atoms with Crippen LogP contribution in [0.2, 0.25) is 0 Å². The normalized spacial score (nSPS) is 13.2. The molecule has 0 aliphatic heterocycles. The Hall–Kier alpha value is -4.71. The van der Waals surface area contributed by atoms with E-state index < -0.39 is 6.10 Å². The van der Waals surface area contributed by atoms with Crippen LogP contribution in [-0.4, -0.2) is 37.2 Å². The lowest BCUT2D eigenvalue weighted by Crippen LogP contribution is -2.30. The van der Waals surface area contributed by atoms with Crippen molar-refractivity contribution in [1.29, 1.82) is 0 Å². The third kappa shape index (κ3) is 56.1. The maximum atomic E-state index is 12.9. The monoisotopic (exact) mass is 979 g/mol. The predicted molar refractivity (Wildman–Crippen MR) is 306 cm³/mol. The van der Waals surface area contributed by atoms with Crippen molar-refractivity contribution in [2.45, 2.75) is 232 Å². The second kappa shape index (κ2) is 57.9. The third-order valence-electron chi connectivity index (χ3n) is 11.3. The zero-order valence-corrected chi connectivity index (χ0v) is 45.4. The average molecular weight is 980 g/mol. The molecular formula is C65H102O6. The standard InChI is InChI=1S/C65H102O6/c1-4-7-10-13-16-19-22-24-26-28-30-32-34-36-38-40-43-46-49-52-55-58-64(67)70-61-62(60-69-63(66)57-54-51-48-45-42-21-18-15-12-9-6-3)71-65(68)59-56-53-50-47-44-41-39-37-35-33-31-29-27-25-23-20-17-14-11-8-5-2/h7-8,10-11,15-20,24-27,30-33,36-39,43,46,62H,4-6,9,12-14,21-23,28-29,34-35,40-42,44-45,47-61H2,1-3H3/b10-7-,11-8-,18-15-,19-16-,20-17-,26-24-,27-25-,32-30-,33-31-,38-36-,39-37-,46-43-. The van der Waals surface area contributed by atoms with Crippen molar-refractivity contribution in [1.82, 2.24) is 0 Å². The van der Waals surface area contributed by atoms with Gasteiger partial charge in [-0.25, -0.2) is 0 Å². The van der Waals surface area contributed by atoms with Gasteiger partial charge in [-0.3, -0.25) is 14.4 Å². The second-order valence-corrected chi connectivity index (χ2v) is 18.1. The number of unbranched alkanes of at least 4 members (excludes halogenated alkanes) is 14. The summed E-state index contributed by atoms with van der Waals surface area (Å²) in [6, 6.07) is 0. The van der Waals surface area contributed by atoms with Crippen molar-refractivity contribution in [3.05, 3.63) is 146 Å². The number of rotatable bonds is 49. The fraction of sp³-hybridized carbons (Fsp3) is 0.585. The highest BCUT2D eigenvalue weighted by Gasteiger charge is 2.19. The van der Waals surface area contributed by atoms with Crippen LogP contribution in [0.5, 0.6) is 0 Å². The predicted octanol–water partition coefficient (Wildman–Crippen LogP) is 19.2. The summed E-state index contributed by atoms with van der Waals surface area (Å²) in [4.78, 5) is 38.1. The molecule has 1 unspecified atom stereocenters. The van der Waals surface area contributed by atoms with E-state index in [0.717, 1.165) is 154 Å². The van der Waals surface area contributed by atoms with Crippen molar-refractivity contribution < 1.29 is 28.6 Å². The van der Waals surface area contributed by atoms with E-state index in [1.807, 2.05) is 0 Å². The lowest BCUT2D eigenvalue weighted by molar-refractivity contribution is -0.167. The topological polar surface area (TPSA) is 78.9 Å². The maximum absolute atomic E-state index is 12.9. The van der Waals surface area contributed by atoms with Crippen molar-refractivity contribution in [3.8, 4) is 0 Å². The van der Waals surface area contributed by atoms with Gasteiger partial charge in [-0.15, -0.1) is 0 Å². The number of ether oxygens (including phenoxy) is 3. The number of carbonyl (C=O) groups excluding carboxylic acids is 3. The Kier molecular flexibility index (Phi) is 54.0. The summed E-state index contributed by atoms with van der Waals surface area (Å²) < 4.78 is 16.8. The lowest BCUT2D eigenvalue weighted by atomic mass is 10.1. The van der Waals surface area contributed by atoms with Crippen molar-refractivity contribution in [2.75, 3.05) is 13.2 Å². The molecule has 0 aromatic rings. The van der Waals surface area contributed by atoms with E-state index in [0.29, 0.717) is 19.3 Å². The van der Waals surface area contributed by atoms with Crippen LogP contribution in [0.3, 0.4) is 0 Å². The molecule has 0 aliphatic carbocycles. The fourth-order valence-corrected chi connectivity index (χ4v) is 7.10. The van der Waals surface area contributed by atoms with Gasteiger partial charge >= 0.3 is 17.9 Å². The smallest absolute Gasteiger partial charge is 0.306 e. The first kappa shape index (κ1) is 66.3. The summed E-state index contributed by atoms with van der Waals surface area (Å²) in [7, 11) is 0. The minimum Gasteiger partial charge on any atom is -0.462 e. The molecule has 1 atom stereocenters. The fourth-order valence-electron chi connectivity index (χ4n) is 7.10. The zero-order valence-electron chi connectivity index (χ0n) is 45.4. The first-order valence-corrected chi connectivity index (χ1v) is 28.3. The van der Waals surface area contributed by atoms with Crippen molar-refractivity contribution in [3.63, 3.8) is 0 Å². The van der Waals surface area contributed by atoms with Gasteiger partial charge in [0.25, 0.3) is 0 Å². The molecule has 6 nitrogen and oxygen atoms in total. The van der Waals surface area contributed by atoms with E-state index in [1.165, 1.54) is 25.7 Å². The largest absolute Gasteiger partial charge is 0.462 e. The van der Waals surface area contributed by atoms with E-state index in [9.17, 15) is 14.4 Å². The molecule has 6 heteroatoms. The van der Waals surface area contributed by atoms with Crippen molar-refractivity contribution in [2.24, 2.45) is 0 Å². The molecule has 0 amide bonds. The number of hydrogen-bond donors (Lipinski definition) is 0. The van der Waals surface area contributed by atoms with Crippen molar-refractivity contribution >= 4 is 17.9 Å². The summed E-state index contributed by atoms with van der Waals surface area (Å²) in [5.41, 5.74) is 0. The molecule has 0 saturated heterocycles. The van der Waals surface area contributed by atoms with Gasteiger partial charge in [0, 0.05) is 19.3 Å². The Labute approximate surface area is 436 Å². The van der Waals surface area contributed by atoms with Gasteiger partial charge in [-0.1, -0.05) is 218 Å². The summed E-state index contributed by atoms with van der Waals surface area (Å²) in [6.07, 6.45) is 82.6. The number of allylic oxidation sites excluding steroid dienone is 24. The molecular weight excluding hydrogens is 877 g/mol. The van der Waals surface area contributed by atoms with Gasteiger partial charge in [0.05, 0.1) is 0 Å². The summed E-state index contributed by atoms with van der Waals surface area (Å²) in [5, 5.41) is 0. The lowest BCUT2D eigenvalue weighted by Gasteiger charge is -2.18. The van der Waals surface area contributed by atoms with E-state index in [4.69, 9.17) is 14.2 Å². The van der Waals surface area contributed by atoms with Crippen LogP contribution in [0.25, 0.3) is 0 Å². The van der Waals surface area contributed by atoms with Crippen LogP contribution in [0, 0.1) is 0 Å². The minimum absolute atomic E-state index is 0.110. The molecule has 0 N–H and O–H groups in total. The molecule has 0 spiro atoms. The molecule has 0 aromatic carbocycles. The molecule has 0 radical (unpaired) electrons. The van der Waals surface area contributed by atoms with E-state index in [1.54, 1.807) is 0 Å². The van der Waals surface area contributed by atoms with Crippen LogP contribution in [0.1, 0.15) is 226 Å². The van der Waals surface area contributed by atoms with Gasteiger partial charge in [0.15, 0.2) is 6.10 Å². The Balaban J connectivity index is 4.50. The zero-order chi connectivity index (χ0) is 51.4. The molecule has 71 heavy (non-hydrogen) atoms. The molecule has 0 aliphatic rings.